The molecule has 16 heavy (non-hydrogen) atoms. The van der Waals surface area contributed by atoms with Gasteiger partial charge in [0.25, 0.3) is 11.8 Å². The third kappa shape index (κ3) is 5.06. The van der Waals surface area contributed by atoms with Gasteiger partial charge in [0.05, 0.1) is 6.61 Å². The molecule has 5 N–H and O–H groups in total. The smallest absolute Gasteiger partial charge is 0.252 e. The van der Waals surface area contributed by atoms with E-state index in [0.29, 0.717) is 13.0 Å². The zero-order valence-electron chi connectivity index (χ0n) is 9.14. The number of carbonyl (C=O) groups excluding carboxylic acids is 2. The van der Waals surface area contributed by atoms with Crippen LogP contribution in [0.3, 0.4) is 0 Å². The maximum Gasteiger partial charge on any atom is 0.252 e. The van der Waals surface area contributed by atoms with E-state index in [-0.39, 0.29) is 13.2 Å². The van der Waals surface area contributed by atoms with Crippen LogP contribution in [-0.2, 0) is 9.59 Å². The molecule has 0 aliphatic carbocycles. The summed E-state index contributed by atoms with van der Waals surface area (Å²) >= 11 is 0. The van der Waals surface area contributed by atoms with Crippen molar-refractivity contribution in [2.45, 2.75) is 25.6 Å². The third-order valence-electron chi connectivity index (χ3n) is 1.80. The van der Waals surface area contributed by atoms with Crippen LogP contribution in [0, 0.1) is 0 Å². The van der Waals surface area contributed by atoms with Crippen molar-refractivity contribution in [3.8, 4) is 0 Å². The Labute approximate surface area is 93.5 Å². The average Bonchev–Trinajstić information content (AvgIpc) is 2.30. The Morgan fingerprint density at radius 3 is 1.88 bits per heavy atom. The minimum Gasteiger partial charge on any atom is -0.395 e. The summed E-state index contributed by atoms with van der Waals surface area (Å²) in [5.74, 6) is -1.69. The summed E-state index contributed by atoms with van der Waals surface area (Å²) in [6.45, 7) is 1.87. The molecule has 2 atom stereocenters. The van der Waals surface area contributed by atoms with Crippen LogP contribution in [-0.4, -0.2) is 59.0 Å². The molecule has 0 heterocycles. The van der Waals surface area contributed by atoms with Gasteiger partial charge in [0, 0.05) is 13.1 Å². The van der Waals surface area contributed by atoms with Crippen LogP contribution in [0.4, 0.5) is 0 Å². The minimum absolute atomic E-state index is 0.0425. The van der Waals surface area contributed by atoms with Gasteiger partial charge in [-0.2, -0.15) is 0 Å². The number of amides is 2. The highest BCUT2D eigenvalue weighted by Gasteiger charge is 2.29. The second-order valence-electron chi connectivity index (χ2n) is 3.20. The summed E-state index contributed by atoms with van der Waals surface area (Å²) in [5, 5.41) is 31.5. The highest BCUT2D eigenvalue weighted by Crippen LogP contribution is 1.94. The van der Waals surface area contributed by atoms with E-state index < -0.39 is 24.0 Å². The Morgan fingerprint density at radius 2 is 1.50 bits per heavy atom. The van der Waals surface area contributed by atoms with E-state index in [9.17, 15) is 19.8 Å². The molecule has 0 aromatic heterocycles. The van der Waals surface area contributed by atoms with E-state index in [2.05, 4.69) is 10.6 Å². The molecule has 0 saturated carbocycles. The molecule has 0 unspecified atom stereocenters. The van der Waals surface area contributed by atoms with Gasteiger partial charge in [-0.15, -0.1) is 0 Å². The van der Waals surface area contributed by atoms with E-state index in [1.54, 1.807) is 0 Å². The Kier molecular flexibility index (Phi) is 7.44. The van der Waals surface area contributed by atoms with Gasteiger partial charge in [0.15, 0.2) is 12.2 Å². The summed E-state index contributed by atoms with van der Waals surface area (Å²) < 4.78 is 0. The number of hydrogen-bond acceptors (Lipinski definition) is 5. The molecule has 0 radical (unpaired) electrons. The zero-order valence-corrected chi connectivity index (χ0v) is 9.14. The van der Waals surface area contributed by atoms with Gasteiger partial charge in [-0.3, -0.25) is 9.59 Å². The van der Waals surface area contributed by atoms with E-state index in [1.165, 1.54) is 0 Å². The molecule has 7 nitrogen and oxygen atoms in total. The lowest BCUT2D eigenvalue weighted by Crippen LogP contribution is -2.50. The molecule has 2 amide bonds. The summed E-state index contributed by atoms with van der Waals surface area (Å²) in [6.07, 6.45) is -2.95. The second-order valence-corrected chi connectivity index (χ2v) is 3.20. The number of hydrogen-bond donors (Lipinski definition) is 5. The monoisotopic (exact) mass is 234 g/mol. The van der Waals surface area contributed by atoms with Gasteiger partial charge in [-0.1, -0.05) is 6.92 Å². The predicted octanol–water partition coefficient (Wildman–Crippen LogP) is -2.66. The SMILES string of the molecule is CCCNC(=O)[C@H](O)[C@@H](O)C(=O)NCCO. The topological polar surface area (TPSA) is 119 Å². The van der Waals surface area contributed by atoms with Crippen molar-refractivity contribution in [3.05, 3.63) is 0 Å². The highest BCUT2D eigenvalue weighted by molar-refractivity contribution is 5.90. The largest absolute Gasteiger partial charge is 0.395 e. The highest BCUT2D eigenvalue weighted by atomic mass is 16.3. The van der Waals surface area contributed by atoms with E-state index in [1.807, 2.05) is 6.92 Å². The first-order valence-corrected chi connectivity index (χ1v) is 5.07. The first-order valence-electron chi connectivity index (χ1n) is 5.07. The molecule has 94 valence electrons. The van der Waals surface area contributed by atoms with Crippen LogP contribution in [0.2, 0.25) is 0 Å². The average molecular weight is 234 g/mol. The van der Waals surface area contributed by atoms with Crippen molar-refractivity contribution >= 4 is 11.8 Å². The van der Waals surface area contributed by atoms with Crippen LogP contribution in [0.25, 0.3) is 0 Å². The standard InChI is InChI=1S/C9H18N2O5/c1-2-3-10-8(15)6(13)7(14)9(16)11-4-5-12/h6-7,12-14H,2-5H2,1H3,(H,10,15)(H,11,16)/t6-,7-/m1/s1. The van der Waals surface area contributed by atoms with Crippen LogP contribution in [0.15, 0.2) is 0 Å². The van der Waals surface area contributed by atoms with Gasteiger partial charge in [-0.25, -0.2) is 0 Å². The van der Waals surface area contributed by atoms with Gasteiger partial charge in [-0.05, 0) is 6.42 Å². The molecule has 0 aliphatic rings. The molecular weight excluding hydrogens is 216 g/mol. The summed E-state index contributed by atoms with van der Waals surface area (Å²) in [6, 6.07) is 0. The summed E-state index contributed by atoms with van der Waals surface area (Å²) in [7, 11) is 0. The van der Waals surface area contributed by atoms with Gasteiger partial charge in [0.1, 0.15) is 0 Å². The van der Waals surface area contributed by atoms with E-state index in [0.717, 1.165) is 0 Å². The van der Waals surface area contributed by atoms with Crippen molar-refractivity contribution in [2.24, 2.45) is 0 Å². The van der Waals surface area contributed by atoms with Gasteiger partial charge in [0.2, 0.25) is 0 Å². The minimum atomic E-state index is -1.83. The van der Waals surface area contributed by atoms with E-state index in [4.69, 9.17) is 5.11 Å². The number of nitrogens with one attached hydrogen (secondary N) is 2. The lowest BCUT2D eigenvalue weighted by atomic mass is 10.1. The summed E-state index contributed by atoms with van der Waals surface area (Å²) in [5.41, 5.74) is 0. The molecule has 0 aliphatic heterocycles. The second kappa shape index (κ2) is 8.03. The lowest BCUT2D eigenvalue weighted by Gasteiger charge is -2.16. The number of aliphatic hydroxyl groups is 3. The number of rotatable bonds is 7. The maximum absolute atomic E-state index is 11.2. The summed E-state index contributed by atoms with van der Waals surface area (Å²) in [4.78, 5) is 22.3. The molecule has 0 aromatic carbocycles. The molecule has 0 aromatic rings. The van der Waals surface area contributed by atoms with Crippen LogP contribution in [0.1, 0.15) is 13.3 Å². The number of aliphatic hydroxyl groups excluding tert-OH is 3. The molecule has 0 rings (SSSR count). The Morgan fingerprint density at radius 1 is 1.06 bits per heavy atom. The molecule has 7 heteroatoms. The molecule has 0 saturated heterocycles. The zero-order chi connectivity index (χ0) is 12.6. The fourth-order valence-electron chi connectivity index (χ4n) is 0.923. The van der Waals surface area contributed by atoms with Gasteiger partial charge >= 0.3 is 0 Å². The first kappa shape index (κ1) is 14.8. The van der Waals surface area contributed by atoms with Crippen molar-refractivity contribution in [3.63, 3.8) is 0 Å². The Balaban J connectivity index is 4.09. The predicted molar refractivity (Wildman–Crippen MR) is 55.4 cm³/mol. The fraction of sp³-hybridized carbons (Fsp3) is 0.778. The van der Waals surface area contributed by atoms with Crippen molar-refractivity contribution < 1.29 is 24.9 Å². The van der Waals surface area contributed by atoms with Crippen molar-refractivity contribution in [2.75, 3.05) is 19.7 Å². The van der Waals surface area contributed by atoms with E-state index >= 15 is 0 Å². The first-order chi connectivity index (χ1) is 7.54. The third-order valence-corrected chi connectivity index (χ3v) is 1.80. The fourth-order valence-corrected chi connectivity index (χ4v) is 0.923. The van der Waals surface area contributed by atoms with Crippen molar-refractivity contribution in [1.29, 1.82) is 0 Å². The van der Waals surface area contributed by atoms with Crippen LogP contribution >= 0.6 is 0 Å². The lowest BCUT2D eigenvalue weighted by molar-refractivity contribution is -0.146. The molecular formula is C9H18N2O5. The molecule has 0 spiro atoms. The van der Waals surface area contributed by atoms with Crippen LogP contribution in [0.5, 0.6) is 0 Å². The molecule has 0 fully saturated rings. The maximum atomic E-state index is 11.2. The van der Waals surface area contributed by atoms with Gasteiger partial charge < -0.3 is 26.0 Å². The number of carbonyl (C=O) groups is 2. The quantitative estimate of drug-likeness (QED) is 0.329. The molecule has 0 bridgehead atoms. The Bertz CT molecular complexity index is 210. The van der Waals surface area contributed by atoms with Crippen molar-refractivity contribution in [1.82, 2.24) is 10.6 Å². The Hall–Kier alpha value is -1.18. The normalized spacial score (nSPS) is 14.0. The van der Waals surface area contributed by atoms with Crippen LogP contribution < -0.4 is 10.6 Å².